The Balaban J connectivity index is 1.45. The maximum Gasteiger partial charge on any atom is 0.416 e. The first-order chi connectivity index (χ1) is 19.0. The van der Waals surface area contributed by atoms with Crippen LogP contribution in [-0.4, -0.2) is 41.4 Å². The van der Waals surface area contributed by atoms with Crippen LogP contribution in [0, 0.1) is 17.5 Å². The fourth-order valence-electron chi connectivity index (χ4n) is 4.15. The minimum Gasteiger partial charge on any atom is -0.369 e. The zero-order valence-electron chi connectivity index (χ0n) is 20.3. The second-order valence-corrected chi connectivity index (χ2v) is 8.83. The number of hydrogen-bond acceptors (Lipinski definition) is 6. The van der Waals surface area contributed by atoms with Gasteiger partial charge in [-0.05, 0) is 36.4 Å². The lowest BCUT2D eigenvalue weighted by atomic mass is 10.00. The third-order valence-corrected chi connectivity index (χ3v) is 6.16. The van der Waals surface area contributed by atoms with Gasteiger partial charge >= 0.3 is 6.18 Å². The minimum absolute atomic E-state index is 0.216. The summed E-state index contributed by atoms with van der Waals surface area (Å²) in [4.78, 5) is 34.3. The molecule has 1 fully saturated rings. The van der Waals surface area contributed by atoms with Crippen molar-refractivity contribution >= 4 is 28.4 Å². The van der Waals surface area contributed by atoms with Crippen LogP contribution in [0.15, 0.2) is 54.7 Å². The van der Waals surface area contributed by atoms with Crippen LogP contribution in [0.4, 0.5) is 32.0 Å². The van der Waals surface area contributed by atoms with E-state index in [-0.39, 0.29) is 17.2 Å². The SMILES string of the molecule is O=C(Nc1cc(F)c(F)c(C(=O)c2ccc3nc(C4CNCCO4)cnc3c2)c1F)c1cccc(C(F)(F)F)c1. The van der Waals surface area contributed by atoms with Gasteiger partial charge in [0.05, 0.1) is 46.3 Å². The van der Waals surface area contributed by atoms with Crippen molar-refractivity contribution in [1.82, 2.24) is 15.3 Å². The van der Waals surface area contributed by atoms with Crippen LogP contribution in [0.2, 0.25) is 0 Å². The van der Waals surface area contributed by atoms with Gasteiger partial charge in [-0.2, -0.15) is 13.2 Å². The maximum atomic E-state index is 15.3. The number of fused-ring (bicyclic) bond motifs is 1. The molecule has 1 aliphatic heterocycles. The number of nitrogens with one attached hydrogen (secondary N) is 2. The highest BCUT2D eigenvalue weighted by molar-refractivity contribution is 6.12. The summed E-state index contributed by atoms with van der Waals surface area (Å²) < 4.78 is 89.0. The fraction of sp³-hybridized carbons (Fsp3) is 0.185. The summed E-state index contributed by atoms with van der Waals surface area (Å²) in [7, 11) is 0. The predicted molar refractivity (Wildman–Crippen MR) is 130 cm³/mol. The minimum atomic E-state index is -4.75. The lowest BCUT2D eigenvalue weighted by Gasteiger charge is -2.22. The number of anilines is 1. The number of ether oxygens (including phenoxy) is 1. The number of ketones is 1. The molecule has 206 valence electrons. The van der Waals surface area contributed by atoms with Crippen molar-refractivity contribution in [3.63, 3.8) is 0 Å². The summed E-state index contributed by atoms with van der Waals surface area (Å²) in [6.45, 7) is 1.72. The highest BCUT2D eigenvalue weighted by Gasteiger charge is 2.31. The molecular formula is C27H18F6N4O3. The van der Waals surface area contributed by atoms with Gasteiger partial charge in [-0.25, -0.2) is 18.2 Å². The van der Waals surface area contributed by atoms with Crippen molar-refractivity contribution < 1.29 is 40.7 Å². The Morgan fingerprint density at radius 3 is 2.50 bits per heavy atom. The van der Waals surface area contributed by atoms with Crippen LogP contribution in [0.1, 0.15) is 43.6 Å². The van der Waals surface area contributed by atoms with Crippen LogP contribution >= 0.6 is 0 Å². The number of halogens is 6. The molecule has 7 nitrogen and oxygen atoms in total. The quantitative estimate of drug-likeness (QED) is 0.198. The molecule has 2 heterocycles. The maximum absolute atomic E-state index is 15.3. The van der Waals surface area contributed by atoms with Gasteiger partial charge in [0.1, 0.15) is 6.10 Å². The number of nitrogens with zero attached hydrogens (tertiary/aromatic N) is 2. The van der Waals surface area contributed by atoms with Crippen molar-refractivity contribution in [2.24, 2.45) is 0 Å². The second-order valence-electron chi connectivity index (χ2n) is 8.83. The molecule has 40 heavy (non-hydrogen) atoms. The molecule has 2 N–H and O–H groups in total. The number of rotatable bonds is 5. The highest BCUT2D eigenvalue weighted by Crippen LogP contribution is 2.31. The van der Waals surface area contributed by atoms with Gasteiger partial charge in [0.25, 0.3) is 5.91 Å². The normalized spacial score (nSPS) is 15.7. The van der Waals surface area contributed by atoms with Crippen molar-refractivity contribution in [3.05, 3.63) is 100 Å². The number of morpholine rings is 1. The van der Waals surface area contributed by atoms with Gasteiger partial charge in [0.15, 0.2) is 23.2 Å². The van der Waals surface area contributed by atoms with Crippen LogP contribution in [0.5, 0.6) is 0 Å². The Morgan fingerprint density at radius 2 is 1.77 bits per heavy atom. The average molecular weight is 560 g/mol. The van der Waals surface area contributed by atoms with Crippen LogP contribution in [0.25, 0.3) is 11.0 Å². The average Bonchev–Trinajstić information content (AvgIpc) is 2.95. The van der Waals surface area contributed by atoms with Crippen LogP contribution < -0.4 is 10.6 Å². The van der Waals surface area contributed by atoms with Gasteiger partial charge in [0, 0.05) is 30.3 Å². The van der Waals surface area contributed by atoms with E-state index >= 15 is 4.39 Å². The Kier molecular flexibility index (Phi) is 7.25. The molecule has 1 aliphatic rings. The van der Waals surface area contributed by atoms with E-state index in [9.17, 15) is 31.5 Å². The van der Waals surface area contributed by atoms with Gasteiger partial charge in [-0.3, -0.25) is 14.6 Å². The van der Waals surface area contributed by atoms with Crippen molar-refractivity contribution in [2.75, 3.05) is 25.0 Å². The molecule has 0 radical (unpaired) electrons. The molecule has 0 saturated carbocycles. The number of alkyl halides is 3. The van der Waals surface area contributed by atoms with Crippen molar-refractivity contribution in [1.29, 1.82) is 0 Å². The number of aromatic nitrogens is 2. The van der Waals surface area contributed by atoms with E-state index in [4.69, 9.17) is 4.74 Å². The first kappa shape index (κ1) is 27.2. The van der Waals surface area contributed by atoms with Gasteiger partial charge in [-0.1, -0.05) is 6.07 Å². The second kappa shape index (κ2) is 10.7. The van der Waals surface area contributed by atoms with E-state index in [1.165, 1.54) is 24.4 Å². The zero-order chi connectivity index (χ0) is 28.6. The smallest absolute Gasteiger partial charge is 0.369 e. The molecule has 1 aromatic heterocycles. The van der Waals surface area contributed by atoms with E-state index in [0.717, 1.165) is 18.2 Å². The molecule has 4 aromatic rings. The summed E-state index contributed by atoms with van der Waals surface area (Å²) in [5.41, 5.74) is -3.01. The Labute approximate surface area is 222 Å². The summed E-state index contributed by atoms with van der Waals surface area (Å²) in [5.74, 6) is -7.55. The van der Waals surface area contributed by atoms with E-state index in [1.54, 1.807) is 0 Å². The first-order valence-corrected chi connectivity index (χ1v) is 11.8. The molecule has 3 aromatic carbocycles. The van der Waals surface area contributed by atoms with E-state index in [2.05, 4.69) is 15.3 Å². The molecule has 1 amide bonds. The first-order valence-electron chi connectivity index (χ1n) is 11.8. The lowest BCUT2D eigenvalue weighted by Crippen LogP contribution is -2.33. The molecule has 1 unspecified atom stereocenters. The summed E-state index contributed by atoms with van der Waals surface area (Å²) in [6.07, 6.45) is -3.64. The molecule has 1 atom stereocenters. The standard InChI is InChI=1S/C27H18F6N4O3/c28-16-10-19(37-26(39)14-2-1-3-15(8-14)27(31,32)33)24(30)22(23(16)29)25(38)13-4-5-17-18(9-13)35-11-20(36-17)21-12-34-6-7-40-21/h1-5,8-11,21,34H,6-7,12H2,(H,37,39). The monoisotopic (exact) mass is 560 g/mol. The number of hydrogen-bond donors (Lipinski definition) is 2. The predicted octanol–water partition coefficient (Wildman–Crippen LogP) is 5.21. The molecule has 0 bridgehead atoms. The van der Waals surface area contributed by atoms with E-state index in [1.807, 2.05) is 5.32 Å². The molecule has 0 spiro atoms. The topological polar surface area (TPSA) is 93.2 Å². The number of benzene rings is 3. The van der Waals surface area contributed by atoms with E-state index < -0.39 is 57.7 Å². The lowest BCUT2D eigenvalue weighted by molar-refractivity contribution is -0.137. The molecule has 0 aliphatic carbocycles. The molecule has 13 heteroatoms. The summed E-state index contributed by atoms with van der Waals surface area (Å²) in [6, 6.07) is 7.36. The van der Waals surface area contributed by atoms with Crippen LogP contribution in [0.3, 0.4) is 0 Å². The Hall–Kier alpha value is -4.36. The Bertz CT molecular complexity index is 1640. The van der Waals surface area contributed by atoms with E-state index in [0.29, 0.717) is 43.0 Å². The molecule has 5 rings (SSSR count). The molecular weight excluding hydrogens is 542 g/mol. The van der Waals surface area contributed by atoms with Crippen LogP contribution in [-0.2, 0) is 10.9 Å². The third-order valence-electron chi connectivity index (χ3n) is 6.16. The summed E-state index contributed by atoms with van der Waals surface area (Å²) in [5, 5.41) is 5.07. The zero-order valence-corrected chi connectivity index (χ0v) is 20.3. The number of amides is 1. The fourth-order valence-corrected chi connectivity index (χ4v) is 4.15. The summed E-state index contributed by atoms with van der Waals surface area (Å²) >= 11 is 0. The number of carbonyl (C=O) groups is 2. The van der Waals surface area contributed by atoms with Crippen molar-refractivity contribution in [2.45, 2.75) is 12.3 Å². The van der Waals surface area contributed by atoms with Gasteiger partial charge in [0.2, 0.25) is 0 Å². The molecule has 1 saturated heterocycles. The highest BCUT2D eigenvalue weighted by atomic mass is 19.4. The number of carbonyl (C=O) groups excluding carboxylic acids is 2. The largest absolute Gasteiger partial charge is 0.416 e. The van der Waals surface area contributed by atoms with Crippen molar-refractivity contribution in [3.8, 4) is 0 Å². The Morgan fingerprint density at radius 1 is 0.975 bits per heavy atom. The van der Waals surface area contributed by atoms with Gasteiger partial charge in [-0.15, -0.1) is 0 Å². The van der Waals surface area contributed by atoms with Gasteiger partial charge < -0.3 is 15.4 Å². The third kappa shape index (κ3) is 5.38.